The van der Waals surface area contributed by atoms with Gasteiger partial charge in [-0.05, 0) is 31.1 Å². The maximum absolute atomic E-state index is 13.1. The Balaban J connectivity index is 1.44. The number of nitrogens with one attached hydrogen (secondary N) is 1. The van der Waals surface area contributed by atoms with Gasteiger partial charge in [0.15, 0.2) is 0 Å². The number of carbonyl (C=O) groups is 3. The number of carbonyl (C=O) groups excluding carboxylic acids is 2. The number of ether oxygens (including phenoxy) is 3. The first-order valence-electron chi connectivity index (χ1n) is 15.0. The molecule has 4 N–H and O–H groups in total. The maximum atomic E-state index is 13.1. The van der Waals surface area contributed by atoms with Crippen molar-refractivity contribution in [2.24, 2.45) is 10.7 Å². The third-order valence-electron chi connectivity index (χ3n) is 6.37. The zero-order valence-electron chi connectivity index (χ0n) is 25.8. The lowest BCUT2D eigenvalue weighted by atomic mass is 10.0. The lowest BCUT2D eigenvalue weighted by molar-refractivity contribution is -0.180. The molecule has 0 spiro atoms. The zero-order chi connectivity index (χ0) is 32.4. The van der Waals surface area contributed by atoms with Crippen LogP contribution in [0.4, 0.5) is 5.69 Å². The van der Waals surface area contributed by atoms with Gasteiger partial charge in [0.1, 0.15) is 11.7 Å². The third kappa shape index (κ3) is 12.3. The average molecular weight is 627 g/mol. The molecule has 2 aromatic rings. The van der Waals surface area contributed by atoms with Crippen LogP contribution in [0.1, 0.15) is 50.9 Å². The number of amides is 2. The number of carboxylic acid groups (broad SMARTS) is 1. The lowest BCUT2D eigenvalue weighted by Gasteiger charge is -2.21. The topological polar surface area (TPSA) is 188 Å². The minimum atomic E-state index is -0.903. The molecule has 3 rings (SSSR count). The van der Waals surface area contributed by atoms with Crippen LogP contribution in [0, 0.1) is 0 Å². The molecular formula is C31H42N6O8. The molecule has 244 valence electrons. The van der Waals surface area contributed by atoms with Gasteiger partial charge in [0.2, 0.25) is 5.91 Å². The number of nitrogens with zero attached hydrogens (tertiary/aromatic N) is 4. The number of benzene rings is 1. The Kier molecular flexibility index (Phi) is 15.0. The van der Waals surface area contributed by atoms with E-state index in [1.54, 1.807) is 18.5 Å². The maximum Gasteiger partial charge on any atom is 0.305 e. The molecule has 0 radical (unpaired) electrons. The van der Waals surface area contributed by atoms with Crippen molar-refractivity contribution < 1.29 is 38.5 Å². The van der Waals surface area contributed by atoms with Crippen molar-refractivity contribution >= 4 is 35.4 Å². The molecule has 0 unspecified atom stereocenters. The summed E-state index contributed by atoms with van der Waals surface area (Å²) >= 11 is 0. The van der Waals surface area contributed by atoms with Crippen LogP contribution >= 0.6 is 0 Å². The van der Waals surface area contributed by atoms with Crippen LogP contribution in [0.3, 0.4) is 0 Å². The van der Waals surface area contributed by atoms with Gasteiger partial charge in [-0.15, -0.1) is 0 Å². The van der Waals surface area contributed by atoms with Crippen LogP contribution < -0.4 is 11.1 Å². The summed E-state index contributed by atoms with van der Waals surface area (Å²) in [6.45, 7) is 6.58. The van der Waals surface area contributed by atoms with E-state index in [4.69, 9.17) is 29.9 Å². The zero-order valence-corrected chi connectivity index (χ0v) is 25.8. The highest BCUT2D eigenvalue weighted by molar-refractivity contribution is 6.05. The number of rotatable bonds is 20. The standard InChI is InChI=1S/C31H42N6O8/c1-3-9-37(45-4-2)31(41)24-16-23-6-5-22(17-26(23)36-27(32)18-24)25-19-33-28(34-20-25)21-35-29(38)7-10-42-12-14-44-15-13-43-11-8-30(39)40/h5-6,16-17,19-20H,3-4,7-15,18,21H2,1-2H3,(H2,32,36)(H,35,38)(H,39,40). The second kappa shape index (κ2) is 19.2. The molecule has 0 atom stereocenters. The Morgan fingerprint density at radius 3 is 2.27 bits per heavy atom. The summed E-state index contributed by atoms with van der Waals surface area (Å²) < 4.78 is 15.8. The van der Waals surface area contributed by atoms with E-state index in [0.29, 0.717) is 62.5 Å². The number of aliphatic imine (C=N–C) groups is 1. The monoisotopic (exact) mass is 626 g/mol. The fraction of sp³-hybridized carbons (Fsp3) is 0.484. The van der Waals surface area contributed by atoms with E-state index in [2.05, 4.69) is 20.3 Å². The Hall–Kier alpha value is -4.24. The van der Waals surface area contributed by atoms with Gasteiger partial charge >= 0.3 is 5.97 Å². The van der Waals surface area contributed by atoms with Crippen molar-refractivity contribution in [3.05, 3.63) is 47.6 Å². The molecule has 14 nitrogen and oxygen atoms in total. The van der Waals surface area contributed by atoms with Crippen molar-refractivity contribution in [3.8, 4) is 11.1 Å². The van der Waals surface area contributed by atoms with E-state index in [0.717, 1.165) is 23.1 Å². The van der Waals surface area contributed by atoms with Gasteiger partial charge in [-0.2, -0.15) is 0 Å². The first-order valence-corrected chi connectivity index (χ1v) is 15.0. The molecule has 1 aromatic carbocycles. The smallest absolute Gasteiger partial charge is 0.305 e. The van der Waals surface area contributed by atoms with Crippen LogP contribution in [-0.4, -0.2) is 96.5 Å². The fourth-order valence-electron chi connectivity index (χ4n) is 4.18. The van der Waals surface area contributed by atoms with Crippen molar-refractivity contribution in [2.75, 3.05) is 52.8 Å². The predicted molar refractivity (Wildman–Crippen MR) is 166 cm³/mol. The summed E-state index contributed by atoms with van der Waals surface area (Å²) in [5, 5.41) is 12.7. The van der Waals surface area contributed by atoms with Gasteiger partial charge in [-0.1, -0.05) is 19.1 Å². The molecule has 0 aliphatic carbocycles. The molecule has 0 fully saturated rings. The first-order chi connectivity index (χ1) is 21.8. The number of aromatic nitrogens is 2. The minimum absolute atomic E-state index is 0.0382. The highest BCUT2D eigenvalue weighted by atomic mass is 16.7. The highest BCUT2D eigenvalue weighted by Crippen LogP contribution is 2.31. The number of amidine groups is 1. The van der Waals surface area contributed by atoms with E-state index < -0.39 is 5.97 Å². The molecule has 1 aromatic heterocycles. The Labute approximate surface area is 262 Å². The number of aliphatic carboxylic acids is 1. The van der Waals surface area contributed by atoms with Gasteiger partial charge in [0.25, 0.3) is 5.91 Å². The summed E-state index contributed by atoms with van der Waals surface area (Å²) in [6.07, 6.45) is 6.28. The summed E-state index contributed by atoms with van der Waals surface area (Å²) in [7, 11) is 0. The molecular weight excluding hydrogens is 584 g/mol. The second-order valence-electron chi connectivity index (χ2n) is 9.94. The average Bonchev–Trinajstić information content (AvgIpc) is 3.19. The predicted octanol–water partition coefficient (Wildman–Crippen LogP) is 2.64. The molecule has 1 aliphatic rings. The van der Waals surface area contributed by atoms with E-state index in [-0.39, 0.29) is 50.8 Å². The summed E-state index contributed by atoms with van der Waals surface area (Å²) in [5.41, 5.74) is 9.69. The van der Waals surface area contributed by atoms with E-state index in [1.165, 1.54) is 5.06 Å². The van der Waals surface area contributed by atoms with Crippen LogP contribution in [0.5, 0.6) is 0 Å². The van der Waals surface area contributed by atoms with Crippen LogP contribution in [-0.2, 0) is 40.0 Å². The first kappa shape index (κ1) is 35.2. The fourth-order valence-corrected chi connectivity index (χ4v) is 4.18. The third-order valence-corrected chi connectivity index (χ3v) is 6.37. The quantitative estimate of drug-likeness (QED) is 0.145. The summed E-state index contributed by atoms with van der Waals surface area (Å²) in [4.78, 5) is 54.5. The largest absolute Gasteiger partial charge is 0.481 e. The Bertz CT molecular complexity index is 1330. The number of carboxylic acids is 1. The van der Waals surface area contributed by atoms with Crippen molar-refractivity contribution in [3.63, 3.8) is 0 Å². The molecule has 0 saturated carbocycles. The lowest BCUT2D eigenvalue weighted by Crippen LogP contribution is -2.34. The molecule has 0 saturated heterocycles. The molecule has 2 heterocycles. The van der Waals surface area contributed by atoms with E-state index in [9.17, 15) is 14.4 Å². The number of nitrogens with two attached hydrogens (primary N) is 1. The summed E-state index contributed by atoms with van der Waals surface area (Å²) in [6, 6.07) is 5.66. The number of hydroxylamine groups is 2. The van der Waals surface area contributed by atoms with Gasteiger partial charge in [-0.25, -0.2) is 20.0 Å². The number of fused-ring (bicyclic) bond motifs is 1. The van der Waals surface area contributed by atoms with E-state index >= 15 is 0 Å². The van der Waals surface area contributed by atoms with E-state index in [1.807, 2.05) is 32.0 Å². The van der Waals surface area contributed by atoms with Crippen molar-refractivity contribution in [2.45, 2.75) is 46.1 Å². The number of hydrogen-bond donors (Lipinski definition) is 3. The van der Waals surface area contributed by atoms with Gasteiger partial charge in [0.05, 0.1) is 64.9 Å². The molecule has 2 amide bonds. The van der Waals surface area contributed by atoms with Crippen molar-refractivity contribution in [1.29, 1.82) is 0 Å². The molecule has 45 heavy (non-hydrogen) atoms. The Morgan fingerprint density at radius 1 is 0.956 bits per heavy atom. The molecule has 1 aliphatic heterocycles. The van der Waals surface area contributed by atoms with Crippen LogP contribution in [0.25, 0.3) is 17.2 Å². The minimum Gasteiger partial charge on any atom is -0.481 e. The van der Waals surface area contributed by atoms with Crippen molar-refractivity contribution in [1.82, 2.24) is 20.3 Å². The van der Waals surface area contributed by atoms with Gasteiger partial charge < -0.3 is 30.4 Å². The second-order valence-corrected chi connectivity index (χ2v) is 9.94. The van der Waals surface area contributed by atoms with Gasteiger partial charge in [0, 0.05) is 48.5 Å². The Morgan fingerprint density at radius 2 is 1.62 bits per heavy atom. The van der Waals surface area contributed by atoms with Crippen LogP contribution in [0.15, 0.2) is 41.2 Å². The van der Waals surface area contributed by atoms with Gasteiger partial charge in [-0.3, -0.25) is 19.2 Å². The SMILES string of the molecule is CCCN(OCC)C(=O)C1=Cc2ccc(-c3cnc(CNC(=O)CCOCCOCCOCCC(=O)O)nc3)cc2N=C(N)C1. The summed E-state index contributed by atoms with van der Waals surface area (Å²) in [5.74, 6) is -0.531. The molecule has 14 heteroatoms. The van der Waals surface area contributed by atoms with Crippen LogP contribution in [0.2, 0.25) is 0 Å². The highest BCUT2D eigenvalue weighted by Gasteiger charge is 2.22. The molecule has 0 bridgehead atoms. The number of hydrogen-bond acceptors (Lipinski definition) is 11. The normalized spacial score (nSPS) is 12.5.